The molecule has 6 nitrogen and oxygen atoms in total. The van der Waals surface area contributed by atoms with Crippen LogP contribution in [0.3, 0.4) is 0 Å². The van der Waals surface area contributed by atoms with Crippen LogP contribution in [-0.2, 0) is 10.2 Å². The highest BCUT2D eigenvalue weighted by Gasteiger charge is 2.45. The zero-order valence-corrected chi connectivity index (χ0v) is 17.4. The van der Waals surface area contributed by atoms with Gasteiger partial charge in [-0.3, -0.25) is 4.79 Å². The second-order valence-corrected chi connectivity index (χ2v) is 7.95. The number of carbonyl (C=O) groups is 1. The largest absolute Gasteiger partial charge is 0.324 e. The number of benzene rings is 2. The molecule has 0 unspecified atom stereocenters. The summed E-state index contributed by atoms with van der Waals surface area (Å²) in [7, 11) is 0. The summed E-state index contributed by atoms with van der Waals surface area (Å²) in [4.78, 5) is 15.6. The molecule has 1 fully saturated rings. The van der Waals surface area contributed by atoms with Gasteiger partial charge in [-0.1, -0.05) is 12.1 Å². The van der Waals surface area contributed by atoms with Crippen LogP contribution in [0.1, 0.15) is 48.9 Å². The summed E-state index contributed by atoms with van der Waals surface area (Å²) in [6.07, 6.45) is 3.15. The van der Waals surface area contributed by atoms with Gasteiger partial charge in [0.2, 0.25) is 5.69 Å². The van der Waals surface area contributed by atoms with Crippen LogP contribution in [0.5, 0.6) is 0 Å². The molecule has 1 amide bonds. The van der Waals surface area contributed by atoms with Crippen molar-refractivity contribution in [1.29, 1.82) is 10.5 Å². The van der Waals surface area contributed by atoms with Crippen molar-refractivity contribution in [2.24, 2.45) is 10.1 Å². The van der Waals surface area contributed by atoms with Gasteiger partial charge in [-0.2, -0.15) is 19.3 Å². The van der Waals surface area contributed by atoms with Crippen molar-refractivity contribution in [3.63, 3.8) is 0 Å². The predicted octanol–water partition coefficient (Wildman–Crippen LogP) is 4.24. The Labute approximate surface area is 183 Å². The highest BCUT2D eigenvalue weighted by atomic mass is 19.3. The van der Waals surface area contributed by atoms with Crippen molar-refractivity contribution in [3.05, 3.63) is 64.7 Å². The molecule has 0 saturated heterocycles. The molecule has 8 heteroatoms. The normalized spacial score (nSPS) is 17.9. The number of halogens is 2. The summed E-state index contributed by atoms with van der Waals surface area (Å²) in [5.74, 6) is -5.15. The monoisotopic (exact) mass is 430 g/mol. The number of amides is 1. The highest BCUT2D eigenvalue weighted by Crippen LogP contribution is 2.47. The molecule has 0 N–H and O–H groups in total. The summed E-state index contributed by atoms with van der Waals surface area (Å²) >= 11 is 0. The summed E-state index contributed by atoms with van der Waals surface area (Å²) in [5.41, 5.74) is 3.22. The smallest absolute Gasteiger partial charge is 0.266 e. The fourth-order valence-corrected chi connectivity index (χ4v) is 3.61. The average molecular weight is 430 g/mol. The second-order valence-electron chi connectivity index (χ2n) is 7.95. The fraction of sp³-hybridized carbons (Fsp3) is 0.250. The lowest BCUT2D eigenvalue weighted by atomic mass is 9.95. The number of aliphatic imine (C=N–C) groups is 1. The third-order valence-corrected chi connectivity index (χ3v) is 5.57. The van der Waals surface area contributed by atoms with Crippen LogP contribution < -0.4 is 0 Å². The van der Waals surface area contributed by atoms with E-state index in [0.29, 0.717) is 35.0 Å². The van der Waals surface area contributed by atoms with Gasteiger partial charge in [0, 0.05) is 13.0 Å². The molecule has 0 aromatic heterocycles. The van der Waals surface area contributed by atoms with E-state index in [-0.39, 0.29) is 5.71 Å². The maximum atomic E-state index is 13.5. The maximum absolute atomic E-state index is 13.5. The molecule has 1 heterocycles. The van der Waals surface area contributed by atoms with Gasteiger partial charge in [-0.25, -0.2) is 4.99 Å². The van der Waals surface area contributed by atoms with Gasteiger partial charge in [0.15, 0.2) is 0 Å². The SMILES string of the molecule is CC(=NC(=O)C(C)(F)F)/C(c1ccc(C2(C#N)CC2)cc1)=[N+]1\N=Cc2cc(C#N)ccc21. The number of hydrogen-bond donors (Lipinski definition) is 0. The molecular formula is C24H18F2N5O+. The van der Waals surface area contributed by atoms with Gasteiger partial charge in [-0.05, 0) is 59.4 Å². The molecule has 2 aromatic rings. The van der Waals surface area contributed by atoms with E-state index in [1.54, 1.807) is 36.5 Å². The Balaban J connectivity index is 1.87. The third kappa shape index (κ3) is 3.72. The zero-order valence-electron chi connectivity index (χ0n) is 17.4. The van der Waals surface area contributed by atoms with Crippen LogP contribution in [-0.4, -0.2) is 34.2 Å². The molecule has 1 aliphatic carbocycles. The van der Waals surface area contributed by atoms with E-state index in [2.05, 4.69) is 22.2 Å². The van der Waals surface area contributed by atoms with Crippen LogP contribution in [0, 0.1) is 22.7 Å². The van der Waals surface area contributed by atoms with Crippen molar-refractivity contribution in [2.45, 2.75) is 38.0 Å². The number of rotatable bonds is 4. The minimum atomic E-state index is -3.60. The molecule has 2 aliphatic rings. The predicted molar refractivity (Wildman–Crippen MR) is 114 cm³/mol. The van der Waals surface area contributed by atoms with Crippen molar-refractivity contribution >= 4 is 29.2 Å². The number of carbonyl (C=O) groups excluding carboxylic acids is 1. The fourth-order valence-electron chi connectivity index (χ4n) is 3.61. The molecular weight excluding hydrogens is 412 g/mol. The average Bonchev–Trinajstić information content (AvgIpc) is 3.47. The maximum Gasteiger partial charge on any atom is 0.324 e. The Bertz CT molecular complexity index is 1300. The van der Waals surface area contributed by atoms with Crippen molar-refractivity contribution in [3.8, 4) is 12.1 Å². The lowest BCUT2D eigenvalue weighted by Gasteiger charge is -2.09. The van der Waals surface area contributed by atoms with Crippen LogP contribution in [0.15, 0.2) is 52.6 Å². The molecule has 2 aromatic carbocycles. The first-order valence-electron chi connectivity index (χ1n) is 9.94. The van der Waals surface area contributed by atoms with E-state index in [1.165, 1.54) is 11.6 Å². The number of nitriles is 2. The van der Waals surface area contributed by atoms with Crippen molar-refractivity contribution < 1.29 is 18.3 Å². The van der Waals surface area contributed by atoms with Crippen molar-refractivity contribution in [2.75, 3.05) is 0 Å². The Hall–Kier alpha value is -4.04. The number of hydrogen-bond acceptors (Lipinski definition) is 4. The molecule has 0 radical (unpaired) electrons. The molecule has 1 aliphatic heterocycles. The minimum absolute atomic E-state index is 0.0695. The lowest BCUT2D eigenvalue weighted by molar-refractivity contribution is -0.438. The molecule has 4 rings (SSSR count). The van der Waals surface area contributed by atoms with E-state index < -0.39 is 17.2 Å². The molecule has 1 saturated carbocycles. The van der Waals surface area contributed by atoms with Gasteiger partial charge in [-0.15, -0.1) is 0 Å². The third-order valence-electron chi connectivity index (χ3n) is 5.57. The van der Waals surface area contributed by atoms with Crippen LogP contribution in [0.2, 0.25) is 0 Å². The molecule has 0 bridgehead atoms. The summed E-state index contributed by atoms with van der Waals surface area (Å²) in [6.45, 7) is 1.98. The number of fused-ring (bicyclic) bond motifs is 1. The first kappa shape index (κ1) is 21.2. The molecule has 32 heavy (non-hydrogen) atoms. The quantitative estimate of drug-likeness (QED) is 0.537. The summed E-state index contributed by atoms with van der Waals surface area (Å²) in [6, 6.07) is 16.6. The van der Waals surface area contributed by atoms with Crippen LogP contribution in [0.25, 0.3) is 0 Å². The number of alkyl halides is 2. The molecule has 0 atom stereocenters. The number of hydrazone groups is 1. The lowest BCUT2D eigenvalue weighted by Crippen LogP contribution is -2.27. The first-order valence-corrected chi connectivity index (χ1v) is 9.94. The Morgan fingerprint density at radius 1 is 1.19 bits per heavy atom. The van der Waals surface area contributed by atoms with E-state index in [0.717, 1.165) is 18.4 Å². The Morgan fingerprint density at radius 2 is 1.88 bits per heavy atom. The van der Waals surface area contributed by atoms with Gasteiger partial charge >= 0.3 is 11.8 Å². The first-order chi connectivity index (χ1) is 15.2. The Morgan fingerprint density at radius 3 is 2.44 bits per heavy atom. The van der Waals surface area contributed by atoms with Crippen LogP contribution in [0.4, 0.5) is 14.5 Å². The van der Waals surface area contributed by atoms with Gasteiger partial charge < -0.3 is 0 Å². The van der Waals surface area contributed by atoms with E-state index in [9.17, 15) is 18.8 Å². The van der Waals surface area contributed by atoms with Gasteiger partial charge in [0.25, 0.3) is 5.71 Å². The van der Waals surface area contributed by atoms with E-state index in [4.69, 9.17) is 5.26 Å². The van der Waals surface area contributed by atoms with Gasteiger partial charge in [0.05, 0.1) is 34.2 Å². The molecule has 0 spiro atoms. The standard InChI is InChI=1S/C24H18F2N5O/c1-15(30-22(32)23(2,25)26)21(17-4-6-19(7-5-17)24(14-28)9-10-24)31-20-8-3-16(12-27)11-18(20)13-29-31/h3-8,11,13H,9-10H2,1-2H3/q+1/b30-15?,31-21+. The minimum Gasteiger partial charge on any atom is -0.266 e. The summed E-state index contributed by atoms with van der Waals surface area (Å²) < 4.78 is 28.5. The highest BCUT2D eigenvalue weighted by molar-refractivity contribution is 6.47. The topological polar surface area (TPSA) is 92.4 Å². The van der Waals surface area contributed by atoms with Gasteiger partial charge in [0.1, 0.15) is 11.9 Å². The zero-order chi connectivity index (χ0) is 23.1. The van der Waals surface area contributed by atoms with E-state index >= 15 is 0 Å². The second kappa shape index (κ2) is 7.58. The Kier molecular flexibility index (Phi) is 5.02. The van der Waals surface area contributed by atoms with E-state index in [1.807, 2.05) is 12.1 Å². The van der Waals surface area contributed by atoms with Crippen LogP contribution >= 0.6 is 0 Å². The summed E-state index contributed by atoms with van der Waals surface area (Å²) in [5, 5.41) is 23.0. The number of nitrogens with zero attached hydrogens (tertiary/aromatic N) is 5. The molecule has 158 valence electrons. The van der Waals surface area contributed by atoms with Crippen molar-refractivity contribution in [1.82, 2.24) is 0 Å².